The SMILES string of the molecule is CO[C@@H]1CCN(c2nccc(Nc3cc4c(C(C)C)ccc(N5CC(S(C)=O)C5)c4cn3)n2)C[C@]1(C)F. The Kier molecular flexibility index (Phi) is 7.06. The standard InChI is InChI=1S/C27H35FN6O2S/c1-17(2)19-6-7-22(34-14-18(15-34)37(5)35)21-13-30-25(12-20(19)21)31-24-8-10-29-26(32-24)33-11-9-23(36-4)27(3,28)16-33/h6-8,10,12-13,17-18,23H,9,11,14-16H2,1-5H3,(H,29,30,31,32)/t23-,27+,37?/m1/s1. The van der Waals surface area contributed by atoms with Crippen molar-refractivity contribution in [3.8, 4) is 0 Å². The van der Waals surface area contributed by atoms with Crippen molar-refractivity contribution in [1.29, 1.82) is 0 Å². The van der Waals surface area contributed by atoms with Gasteiger partial charge in [-0.15, -0.1) is 0 Å². The van der Waals surface area contributed by atoms with Crippen LogP contribution in [0, 0.1) is 0 Å². The Hall–Kier alpha value is -2.85. The monoisotopic (exact) mass is 526 g/mol. The molecule has 1 aromatic carbocycles. The van der Waals surface area contributed by atoms with Gasteiger partial charge in [0.25, 0.3) is 0 Å². The first-order valence-corrected chi connectivity index (χ1v) is 14.3. The highest BCUT2D eigenvalue weighted by Gasteiger charge is 2.41. The van der Waals surface area contributed by atoms with Gasteiger partial charge in [-0.05, 0) is 48.4 Å². The number of benzene rings is 1. The number of alkyl halides is 1. The highest BCUT2D eigenvalue weighted by atomic mass is 32.2. The lowest BCUT2D eigenvalue weighted by Gasteiger charge is -2.40. The van der Waals surface area contributed by atoms with E-state index in [1.54, 1.807) is 32.6 Å². The number of ether oxygens (including phenoxy) is 1. The van der Waals surface area contributed by atoms with Crippen molar-refractivity contribution in [2.45, 2.75) is 50.1 Å². The van der Waals surface area contributed by atoms with Crippen LogP contribution in [0.4, 0.5) is 27.7 Å². The number of halogens is 1. The number of hydrogen-bond donors (Lipinski definition) is 1. The Morgan fingerprint density at radius 2 is 1.95 bits per heavy atom. The minimum absolute atomic E-state index is 0.173. The molecule has 2 aliphatic heterocycles. The van der Waals surface area contributed by atoms with Crippen LogP contribution in [0.5, 0.6) is 0 Å². The van der Waals surface area contributed by atoms with Crippen LogP contribution in [-0.4, -0.2) is 75.7 Å². The van der Waals surface area contributed by atoms with Crippen LogP contribution in [-0.2, 0) is 15.5 Å². The van der Waals surface area contributed by atoms with Gasteiger partial charge in [-0.1, -0.05) is 19.9 Å². The molecule has 3 aromatic rings. The van der Waals surface area contributed by atoms with E-state index < -0.39 is 22.6 Å². The number of anilines is 4. The highest BCUT2D eigenvalue weighted by molar-refractivity contribution is 7.85. The first-order valence-electron chi connectivity index (χ1n) is 12.7. The average molecular weight is 527 g/mol. The third kappa shape index (κ3) is 5.13. The molecule has 0 spiro atoms. The van der Waals surface area contributed by atoms with E-state index in [1.807, 2.05) is 11.1 Å². The number of rotatable bonds is 7. The van der Waals surface area contributed by atoms with Crippen molar-refractivity contribution >= 4 is 44.8 Å². The molecule has 5 rings (SSSR count). The quantitative estimate of drug-likeness (QED) is 0.485. The number of nitrogens with one attached hydrogen (secondary N) is 1. The van der Waals surface area contributed by atoms with Gasteiger partial charge < -0.3 is 19.9 Å². The van der Waals surface area contributed by atoms with E-state index in [9.17, 15) is 4.21 Å². The molecule has 3 atom stereocenters. The van der Waals surface area contributed by atoms with Crippen LogP contribution in [0.15, 0.2) is 36.7 Å². The predicted octanol–water partition coefficient (Wildman–Crippen LogP) is 4.41. The van der Waals surface area contributed by atoms with Crippen molar-refractivity contribution in [3.05, 3.63) is 42.2 Å². The Morgan fingerprint density at radius 1 is 1.16 bits per heavy atom. The van der Waals surface area contributed by atoms with Gasteiger partial charge in [-0.2, -0.15) is 4.98 Å². The molecule has 4 heterocycles. The highest BCUT2D eigenvalue weighted by Crippen LogP contribution is 2.36. The maximum Gasteiger partial charge on any atom is 0.227 e. The fraction of sp³-hybridized carbons (Fsp3) is 0.519. The predicted molar refractivity (Wildman–Crippen MR) is 148 cm³/mol. The molecule has 198 valence electrons. The summed E-state index contributed by atoms with van der Waals surface area (Å²) >= 11 is 0. The van der Waals surface area contributed by atoms with E-state index in [1.165, 1.54) is 5.56 Å². The number of aromatic nitrogens is 3. The summed E-state index contributed by atoms with van der Waals surface area (Å²) in [6.45, 7) is 8.32. The molecule has 0 bridgehead atoms. The number of nitrogens with zero attached hydrogens (tertiary/aromatic N) is 5. The lowest BCUT2D eigenvalue weighted by atomic mass is 9.93. The summed E-state index contributed by atoms with van der Waals surface area (Å²) in [7, 11) is 0.742. The van der Waals surface area contributed by atoms with Crippen LogP contribution in [0.3, 0.4) is 0 Å². The number of methoxy groups -OCH3 is 1. The van der Waals surface area contributed by atoms with Crippen molar-refractivity contribution in [2.24, 2.45) is 0 Å². The van der Waals surface area contributed by atoms with Crippen LogP contribution < -0.4 is 15.1 Å². The van der Waals surface area contributed by atoms with E-state index in [4.69, 9.17) is 9.72 Å². The van der Waals surface area contributed by atoms with Gasteiger partial charge in [0.1, 0.15) is 11.6 Å². The lowest BCUT2D eigenvalue weighted by molar-refractivity contribution is -0.0381. The van der Waals surface area contributed by atoms with Gasteiger partial charge >= 0.3 is 0 Å². The van der Waals surface area contributed by atoms with Crippen molar-refractivity contribution in [3.63, 3.8) is 0 Å². The molecule has 0 radical (unpaired) electrons. The molecule has 2 saturated heterocycles. The molecular formula is C27H35FN6O2S. The Bertz CT molecular complexity index is 1310. The van der Waals surface area contributed by atoms with Gasteiger partial charge in [0.05, 0.1) is 17.9 Å². The minimum Gasteiger partial charge on any atom is -0.378 e. The molecule has 2 aromatic heterocycles. The van der Waals surface area contributed by atoms with Gasteiger partial charge in [0, 0.05) is 67.3 Å². The molecule has 2 aliphatic rings. The minimum atomic E-state index is -1.48. The van der Waals surface area contributed by atoms with Crippen molar-refractivity contribution < 1.29 is 13.3 Å². The summed E-state index contributed by atoms with van der Waals surface area (Å²) in [6, 6.07) is 8.19. The molecule has 0 amide bonds. The largest absolute Gasteiger partial charge is 0.378 e. The molecule has 10 heteroatoms. The summed E-state index contributed by atoms with van der Waals surface area (Å²) in [4.78, 5) is 17.9. The molecule has 1 unspecified atom stereocenters. The zero-order valence-electron chi connectivity index (χ0n) is 22.1. The zero-order chi connectivity index (χ0) is 26.3. The lowest BCUT2D eigenvalue weighted by Crippen LogP contribution is -2.53. The van der Waals surface area contributed by atoms with E-state index in [0.717, 1.165) is 29.5 Å². The molecular weight excluding hydrogens is 491 g/mol. The second-order valence-corrected chi connectivity index (χ2v) is 12.2. The third-order valence-corrected chi connectivity index (χ3v) is 8.73. The first-order chi connectivity index (χ1) is 17.7. The van der Waals surface area contributed by atoms with Gasteiger partial charge in [-0.3, -0.25) is 4.21 Å². The Morgan fingerprint density at radius 3 is 2.62 bits per heavy atom. The fourth-order valence-corrected chi connectivity index (χ4v) is 6.08. The zero-order valence-corrected chi connectivity index (χ0v) is 22.9. The van der Waals surface area contributed by atoms with E-state index >= 15 is 4.39 Å². The van der Waals surface area contributed by atoms with Gasteiger partial charge in [-0.25, -0.2) is 14.4 Å². The molecule has 0 saturated carbocycles. The third-order valence-electron chi connectivity index (χ3n) is 7.49. The Balaban J connectivity index is 1.40. The van der Waals surface area contributed by atoms with Crippen LogP contribution in [0.25, 0.3) is 10.8 Å². The molecule has 0 aliphatic carbocycles. The van der Waals surface area contributed by atoms with E-state index in [2.05, 4.69) is 52.2 Å². The summed E-state index contributed by atoms with van der Waals surface area (Å²) in [5, 5.41) is 5.76. The second kappa shape index (κ2) is 10.1. The van der Waals surface area contributed by atoms with Crippen molar-refractivity contribution in [2.75, 3.05) is 54.7 Å². The van der Waals surface area contributed by atoms with E-state index in [-0.39, 0.29) is 11.8 Å². The summed E-state index contributed by atoms with van der Waals surface area (Å²) in [6.07, 6.45) is 5.50. The molecule has 8 nitrogen and oxygen atoms in total. The Labute approximate surface area is 220 Å². The van der Waals surface area contributed by atoms with Crippen molar-refractivity contribution in [1.82, 2.24) is 15.0 Å². The topological polar surface area (TPSA) is 83.5 Å². The maximum absolute atomic E-state index is 15.1. The van der Waals surface area contributed by atoms with Gasteiger partial charge in [0.15, 0.2) is 5.67 Å². The number of pyridine rings is 1. The summed E-state index contributed by atoms with van der Waals surface area (Å²) < 4.78 is 32.2. The van der Waals surface area contributed by atoms with Crippen LogP contribution >= 0.6 is 0 Å². The molecule has 2 fully saturated rings. The molecule has 1 N–H and O–H groups in total. The molecule has 37 heavy (non-hydrogen) atoms. The van der Waals surface area contributed by atoms with E-state index in [0.29, 0.717) is 36.5 Å². The second-order valence-electron chi connectivity index (χ2n) is 10.5. The summed E-state index contributed by atoms with van der Waals surface area (Å²) in [5.74, 6) is 2.11. The average Bonchev–Trinajstić information content (AvgIpc) is 2.82. The fourth-order valence-electron chi connectivity index (χ4n) is 5.30. The normalized spacial score (nSPS) is 23.4. The number of fused-ring (bicyclic) bond motifs is 1. The number of piperidine rings is 1. The summed E-state index contributed by atoms with van der Waals surface area (Å²) in [5.41, 5.74) is 0.887. The van der Waals surface area contributed by atoms with Gasteiger partial charge in [0.2, 0.25) is 5.95 Å². The maximum atomic E-state index is 15.1. The smallest absolute Gasteiger partial charge is 0.227 e. The number of hydrogen-bond acceptors (Lipinski definition) is 8. The van der Waals surface area contributed by atoms with Crippen LogP contribution in [0.2, 0.25) is 0 Å². The first kappa shape index (κ1) is 25.8. The van der Waals surface area contributed by atoms with Crippen LogP contribution in [0.1, 0.15) is 38.7 Å².